The van der Waals surface area contributed by atoms with Crippen molar-refractivity contribution in [2.24, 2.45) is 0 Å². The topological polar surface area (TPSA) is 46.8 Å². The van der Waals surface area contributed by atoms with Crippen molar-refractivity contribution in [2.45, 2.75) is 57.7 Å². The summed E-state index contributed by atoms with van der Waals surface area (Å²) in [6.45, 7) is 2.96. The summed E-state index contributed by atoms with van der Waals surface area (Å²) in [6, 6.07) is 9.27. The SMILES string of the molecule is c1ccc2c(c1)CCN(Cc1nnnn1C1CCCCC1)C2. The lowest BCUT2D eigenvalue weighted by molar-refractivity contribution is 0.225. The Morgan fingerprint density at radius 3 is 2.73 bits per heavy atom. The number of rotatable bonds is 3. The molecule has 0 bridgehead atoms. The number of hydrogen-bond acceptors (Lipinski definition) is 4. The Morgan fingerprint density at radius 1 is 1.05 bits per heavy atom. The smallest absolute Gasteiger partial charge is 0.165 e. The maximum atomic E-state index is 4.30. The molecule has 1 saturated carbocycles. The minimum Gasteiger partial charge on any atom is -0.291 e. The highest BCUT2D eigenvalue weighted by Gasteiger charge is 2.23. The molecule has 116 valence electrons. The Labute approximate surface area is 131 Å². The lowest BCUT2D eigenvalue weighted by atomic mass is 9.95. The van der Waals surface area contributed by atoms with E-state index in [0.717, 1.165) is 31.9 Å². The minimum atomic E-state index is 0.510. The van der Waals surface area contributed by atoms with Crippen molar-refractivity contribution in [2.75, 3.05) is 6.54 Å². The van der Waals surface area contributed by atoms with E-state index in [1.54, 1.807) is 0 Å². The highest BCUT2D eigenvalue weighted by Crippen LogP contribution is 2.28. The Bertz CT molecular complexity index is 629. The fraction of sp³-hybridized carbons (Fsp3) is 0.588. The molecule has 2 aliphatic rings. The second-order valence-corrected chi connectivity index (χ2v) is 6.56. The molecule has 0 unspecified atom stereocenters. The molecule has 1 fully saturated rings. The van der Waals surface area contributed by atoms with E-state index in [2.05, 4.69) is 49.4 Å². The molecule has 1 aliphatic heterocycles. The van der Waals surface area contributed by atoms with Gasteiger partial charge >= 0.3 is 0 Å². The zero-order valence-electron chi connectivity index (χ0n) is 13.0. The Balaban J connectivity index is 1.47. The molecule has 2 heterocycles. The predicted molar refractivity (Wildman–Crippen MR) is 84.2 cm³/mol. The summed E-state index contributed by atoms with van der Waals surface area (Å²) in [5.74, 6) is 1.03. The van der Waals surface area contributed by atoms with Crippen molar-refractivity contribution >= 4 is 0 Å². The van der Waals surface area contributed by atoms with Gasteiger partial charge in [-0.25, -0.2) is 4.68 Å². The Morgan fingerprint density at radius 2 is 1.86 bits per heavy atom. The third-order valence-electron chi connectivity index (χ3n) is 5.06. The molecule has 0 radical (unpaired) electrons. The number of hydrogen-bond donors (Lipinski definition) is 0. The number of aromatic nitrogens is 4. The average Bonchev–Trinajstić information content (AvgIpc) is 3.04. The molecular formula is C17H23N5. The van der Waals surface area contributed by atoms with Gasteiger partial charge in [0.1, 0.15) is 0 Å². The van der Waals surface area contributed by atoms with E-state index in [1.165, 1.54) is 43.2 Å². The highest BCUT2D eigenvalue weighted by molar-refractivity contribution is 5.29. The largest absolute Gasteiger partial charge is 0.291 e. The summed E-state index contributed by atoms with van der Waals surface area (Å²) >= 11 is 0. The van der Waals surface area contributed by atoms with Gasteiger partial charge in [-0.05, 0) is 40.8 Å². The maximum absolute atomic E-state index is 4.30. The van der Waals surface area contributed by atoms with Gasteiger partial charge < -0.3 is 0 Å². The first-order chi connectivity index (χ1) is 10.9. The number of benzene rings is 1. The maximum Gasteiger partial charge on any atom is 0.165 e. The summed E-state index contributed by atoms with van der Waals surface area (Å²) < 4.78 is 2.10. The van der Waals surface area contributed by atoms with E-state index < -0.39 is 0 Å². The van der Waals surface area contributed by atoms with Crippen LogP contribution in [-0.2, 0) is 19.5 Å². The first kappa shape index (κ1) is 13.9. The van der Waals surface area contributed by atoms with Gasteiger partial charge in [-0.15, -0.1) is 5.10 Å². The second-order valence-electron chi connectivity index (χ2n) is 6.56. The van der Waals surface area contributed by atoms with E-state index in [0.29, 0.717) is 6.04 Å². The van der Waals surface area contributed by atoms with Gasteiger partial charge in [0.2, 0.25) is 0 Å². The summed E-state index contributed by atoms with van der Waals surface area (Å²) in [5, 5.41) is 12.5. The zero-order valence-corrected chi connectivity index (χ0v) is 13.0. The standard InChI is InChI=1S/C17H23N5/c1-2-8-16(9-3-1)22-17(18-19-20-22)13-21-11-10-14-6-4-5-7-15(14)12-21/h4-7,16H,1-3,8-13H2. The van der Waals surface area contributed by atoms with Crippen LogP contribution >= 0.6 is 0 Å². The van der Waals surface area contributed by atoms with Crippen LogP contribution in [0.4, 0.5) is 0 Å². The average molecular weight is 297 g/mol. The van der Waals surface area contributed by atoms with E-state index >= 15 is 0 Å². The summed E-state index contributed by atoms with van der Waals surface area (Å²) in [4.78, 5) is 2.47. The molecule has 0 amide bonds. The van der Waals surface area contributed by atoms with Crippen molar-refractivity contribution in [1.82, 2.24) is 25.1 Å². The lowest BCUT2D eigenvalue weighted by Gasteiger charge is -2.29. The molecular weight excluding hydrogens is 274 g/mol. The molecule has 2 aromatic rings. The number of nitrogens with zero attached hydrogens (tertiary/aromatic N) is 5. The van der Waals surface area contributed by atoms with Gasteiger partial charge in [-0.3, -0.25) is 4.90 Å². The number of fused-ring (bicyclic) bond motifs is 1. The van der Waals surface area contributed by atoms with Crippen molar-refractivity contribution in [3.05, 3.63) is 41.2 Å². The molecule has 5 heteroatoms. The van der Waals surface area contributed by atoms with Gasteiger partial charge in [0, 0.05) is 13.1 Å². The zero-order chi connectivity index (χ0) is 14.8. The predicted octanol–water partition coefficient (Wildman–Crippen LogP) is 2.74. The van der Waals surface area contributed by atoms with Crippen LogP contribution in [0.1, 0.15) is 55.1 Å². The highest BCUT2D eigenvalue weighted by atomic mass is 15.6. The Kier molecular flexibility index (Phi) is 3.89. The van der Waals surface area contributed by atoms with E-state index in [9.17, 15) is 0 Å². The van der Waals surface area contributed by atoms with Crippen LogP contribution < -0.4 is 0 Å². The minimum absolute atomic E-state index is 0.510. The van der Waals surface area contributed by atoms with Gasteiger partial charge in [-0.1, -0.05) is 43.5 Å². The first-order valence-electron chi connectivity index (χ1n) is 8.46. The molecule has 0 atom stereocenters. The molecule has 0 saturated heterocycles. The normalized spacial score (nSPS) is 20.0. The van der Waals surface area contributed by atoms with Gasteiger partial charge in [-0.2, -0.15) is 0 Å². The molecule has 4 rings (SSSR count). The summed E-state index contributed by atoms with van der Waals surface area (Å²) in [5.41, 5.74) is 2.94. The first-order valence-corrected chi connectivity index (χ1v) is 8.46. The fourth-order valence-electron chi connectivity index (χ4n) is 3.81. The molecule has 0 spiro atoms. The van der Waals surface area contributed by atoms with Crippen molar-refractivity contribution in [1.29, 1.82) is 0 Å². The molecule has 5 nitrogen and oxygen atoms in total. The van der Waals surface area contributed by atoms with Crippen molar-refractivity contribution in [3.8, 4) is 0 Å². The lowest BCUT2D eigenvalue weighted by Crippen LogP contribution is -2.31. The van der Waals surface area contributed by atoms with Crippen LogP contribution in [0, 0.1) is 0 Å². The van der Waals surface area contributed by atoms with Crippen LogP contribution in [0.2, 0.25) is 0 Å². The van der Waals surface area contributed by atoms with Gasteiger partial charge in [0.15, 0.2) is 5.82 Å². The van der Waals surface area contributed by atoms with Crippen LogP contribution in [0.25, 0.3) is 0 Å². The van der Waals surface area contributed by atoms with Gasteiger partial charge in [0.25, 0.3) is 0 Å². The van der Waals surface area contributed by atoms with Crippen LogP contribution in [-0.4, -0.2) is 31.7 Å². The molecule has 22 heavy (non-hydrogen) atoms. The molecule has 1 aromatic carbocycles. The van der Waals surface area contributed by atoms with Crippen LogP contribution in [0.15, 0.2) is 24.3 Å². The third kappa shape index (κ3) is 2.77. The molecule has 1 aromatic heterocycles. The third-order valence-corrected chi connectivity index (χ3v) is 5.06. The molecule has 1 aliphatic carbocycles. The summed E-state index contributed by atoms with van der Waals surface area (Å²) in [6.07, 6.45) is 7.54. The number of tetrazole rings is 1. The van der Waals surface area contributed by atoms with E-state index in [-0.39, 0.29) is 0 Å². The second kappa shape index (κ2) is 6.16. The fourth-order valence-corrected chi connectivity index (χ4v) is 3.81. The van der Waals surface area contributed by atoms with Crippen molar-refractivity contribution in [3.63, 3.8) is 0 Å². The van der Waals surface area contributed by atoms with Crippen LogP contribution in [0.3, 0.4) is 0 Å². The molecule has 0 N–H and O–H groups in total. The summed E-state index contributed by atoms with van der Waals surface area (Å²) in [7, 11) is 0. The quantitative estimate of drug-likeness (QED) is 0.874. The van der Waals surface area contributed by atoms with E-state index in [4.69, 9.17) is 0 Å². The van der Waals surface area contributed by atoms with Crippen LogP contribution in [0.5, 0.6) is 0 Å². The van der Waals surface area contributed by atoms with E-state index in [1.807, 2.05) is 0 Å². The van der Waals surface area contributed by atoms with Crippen molar-refractivity contribution < 1.29 is 0 Å². The monoisotopic (exact) mass is 297 g/mol. The van der Waals surface area contributed by atoms with Gasteiger partial charge in [0.05, 0.1) is 12.6 Å². The Hall–Kier alpha value is -1.75.